The first-order chi connectivity index (χ1) is 12.0. The third kappa shape index (κ3) is 3.63. The van der Waals surface area contributed by atoms with Crippen molar-refractivity contribution in [2.24, 2.45) is 0 Å². The molecule has 0 N–H and O–H groups in total. The number of benzene rings is 2. The first-order valence-electron chi connectivity index (χ1n) is 9.91. The van der Waals surface area contributed by atoms with Crippen molar-refractivity contribution in [1.29, 1.82) is 0 Å². The van der Waals surface area contributed by atoms with Gasteiger partial charge in [-0.25, -0.2) is 0 Å². The summed E-state index contributed by atoms with van der Waals surface area (Å²) in [5, 5.41) is 1.60. The molecule has 26 heavy (non-hydrogen) atoms. The highest BCUT2D eigenvalue weighted by molar-refractivity contribution is 7.64. The fourth-order valence-electron chi connectivity index (χ4n) is 4.13. The van der Waals surface area contributed by atoms with Gasteiger partial charge < -0.3 is 0 Å². The second-order valence-corrected chi connectivity index (χ2v) is 11.0. The molecule has 0 aliphatic rings. The van der Waals surface area contributed by atoms with Crippen molar-refractivity contribution in [3.05, 3.63) is 51.1 Å². The van der Waals surface area contributed by atoms with E-state index in [4.69, 9.17) is 0 Å². The first-order valence-corrected chi connectivity index (χ1v) is 12.1. The maximum atomic E-state index is 2.47. The molecule has 0 radical (unpaired) electrons. The highest BCUT2D eigenvalue weighted by Crippen LogP contribution is 2.42. The Morgan fingerprint density at radius 3 is 1.65 bits per heavy atom. The van der Waals surface area contributed by atoms with E-state index in [2.05, 4.69) is 87.8 Å². The second kappa shape index (κ2) is 7.85. The van der Waals surface area contributed by atoms with E-state index in [9.17, 15) is 0 Å². The minimum atomic E-state index is -0.170. The quantitative estimate of drug-likeness (QED) is 0.490. The zero-order valence-corrected chi connectivity index (χ0v) is 19.7. The lowest BCUT2D eigenvalue weighted by atomic mass is 9.82. The van der Waals surface area contributed by atoms with Crippen LogP contribution in [0.2, 0.25) is 0 Å². The number of rotatable bonds is 4. The van der Waals surface area contributed by atoms with E-state index in [1.54, 1.807) is 5.30 Å². The predicted molar refractivity (Wildman–Crippen MR) is 122 cm³/mol. The molecule has 0 heterocycles. The molecule has 0 saturated heterocycles. The summed E-state index contributed by atoms with van der Waals surface area (Å²) in [4.78, 5) is 0. The van der Waals surface area contributed by atoms with Gasteiger partial charge in [-0.3, -0.25) is 0 Å². The molecule has 1 heteroatoms. The van der Waals surface area contributed by atoms with Crippen molar-refractivity contribution in [3.63, 3.8) is 0 Å². The van der Waals surface area contributed by atoms with E-state index in [0.717, 1.165) is 0 Å². The van der Waals surface area contributed by atoms with E-state index < -0.39 is 0 Å². The van der Waals surface area contributed by atoms with Crippen molar-refractivity contribution in [3.8, 4) is 11.1 Å². The van der Waals surface area contributed by atoms with Gasteiger partial charge in [0.05, 0.1) is 0 Å². The molecular formula is C25H37P. The van der Waals surface area contributed by atoms with Crippen LogP contribution in [0.1, 0.15) is 78.5 Å². The van der Waals surface area contributed by atoms with Crippen molar-refractivity contribution in [2.45, 2.75) is 74.1 Å². The fourth-order valence-corrected chi connectivity index (χ4v) is 5.70. The van der Waals surface area contributed by atoms with Gasteiger partial charge in [0.15, 0.2) is 0 Å². The Kier molecular flexibility index (Phi) is 6.40. The lowest BCUT2D eigenvalue weighted by Crippen LogP contribution is -2.16. The minimum absolute atomic E-state index is 0.170. The van der Waals surface area contributed by atoms with Crippen molar-refractivity contribution >= 4 is 13.2 Å². The largest absolute Gasteiger partial charge is 0.0807 e. The molecule has 0 spiro atoms. The Morgan fingerprint density at radius 1 is 0.654 bits per heavy atom. The molecule has 0 aromatic heterocycles. The van der Waals surface area contributed by atoms with Crippen molar-refractivity contribution < 1.29 is 0 Å². The smallest absolute Gasteiger partial charge is 0.00669 e. The summed E-state index contributed by atoms with van der Waals surface area (Å²) in [7, 11) is -0.170. The Balaban J connectivity index is 3.01. The van der Waals surface area contributed by atoms with Crippen LogP contribution in [0.4, 0.5) is 0 Å². The zero-order chi connectivity index (χ0) is 19.9. The van der Waals surface area contributed by atoms with Gasteiger partial charge in [0, 0.05) is 0 Å². The van der Waals surface area contributed by atoms with E-state index in [0.29, 0.717) is 11.8 Å². The zero-order valence-electron chi connectivity index (χ0n) is 18.8. The molecule has 0 atom stereocenters. The van der Waals surface area contributed by atoms with Crippen LogP contribution in [0.5, 0.6) is 0 Å². The lowest BCUT2D eigenvalue weighted by molar-refractivity contribution is 0.832. The number of aryl methyl sites for hydroxylation is 1. The van der Waals surface area contributed by atoms with Crippen LogP contribution in [0.25, 0.3) is 11.1 Å². The normalized spacial score (nSPS) is 11.9. The maximum absolute atomic E-state index is 2.47. The molecule has 0 aliphatic carbocycles. The third-order valence-electron chi connectivity index (χ3n) is 6.03. The van der Waals surface area contributed by atoms with Gasteiger partial charge in [0.25, 0.3) is 0 Å². The van der Waals surface area contributed by atoms with Gasteiger partial charge >= 0.3 is 0 Å². The summed E-state index contributed by atoms with van der Waals surface area (Å²) < 4.78 is 0. The summed E-state index contributed by atoms with van der Waals surface area (Å²) >= 11 is 0. The van der Waals surface area contributed by atoms with Crippen LogP contribution >= 0.6 is 7.92 Å². The molecule has 0 fully saturated rings. The van der Waals surface area contributed by atoms with Gasteiger partial charge in [-0.1, -0.05) is 47.7 Å². The first kappa shape index (κ1) is 21.2. The predicted octanol–water partition coefficient (Wildman–Crippen LogP) is 7.51. The molecule has 142 valence electrons. The highest BCUT2D eigenvalue weighted by atomic mass is 31.1. The number of hydrogen-bond donors (Lipinski definition) is 0. The van der Waals surface area contributed by atoms with Gasteiger partial charge in [-0.15, -0.1) is 0 Å². The molecule has 0 aliphatic heterocycles. The molecule has 0 nitrogen and oxygen atoms in total. The highest BCUT2D eigenvalue weighted by Gasteiger charge is 2.23. The van der Waals surface area contributed by atoms with Crippen LogP contribution in [-0.2, 0) is 0 Å². The Bertz CT molecular complexity index is 823. The summed E-state index contributed by atoms with van der Waals surface area (Å²) in [6.07, 6.45) is 0. The maximum Gasteiger partial charge on any atom is -0.00669 e. The van der Waals surface area contributed by atoms with Gasteiger partial charge in [0.2, 0.25) is 0 Å². The molecule has 0 amide bonds. The van der Waals surface area contributed by atoms with Gasteiger partial charge in [0.1, 0.15) is 0 Å². The Morgan fingerprint density at radius 2 is 1.19 bits per heavy atom. The molecule has 0 bridgehead atoms. The third-order valence-corrected chi connectivity index (χ3v) is 7.48. The van der Waals surface area contributed by atoms with Crippen LogP contribution in [0, 0.1) is 34.6 Å². The van der Waals surface area contributed by atoms with Crippen LogP contribution in [0.3, 0.4) is 0 Å². The average molecular weight is 369 g/mol. The minimum Gasteiger partial charge on any atom is -0.0807 e. The van der Waals surface area contributed by atoms with Crippen LogP contribution in [-0.4, -0.2) is 13.3 Å². The standard InChI is InChI=1S/C25H37P/c1-14(2)21-12-16(5)23(22(13-21)15(3)4)24-19(8)17(6)18(7)20(9)25(24)26(10)11/h12-15H,1-11H3. The van der Waals surface area contributed by atoms with Gasteiger partial charge in [-0.2, -0.15) is 0 Å². The average Bonchev–Trinajstić information content (AvgIpc) is 2.55. The van der Waals surface area contributed by atoms with Gasteiger partial charge in [-0.05, 0) is 115 Å². The molecule has 0 unspecified atom stereocenters. The van der Waals surface area contributed by atoms with E-state index in [1.807, 2.05) is 0 Å². The Hall–Kier alpha value is -1.13. The van der Waals surface area contributed by atoms with E-state index in [-0.39, 0.29) is 7.92 Å². The summed E-state index contributed by atoms with van der Waals surface area (Å²) in [5.74, 6) is 1.09. The molecule has 2 aromatic rings. The van der Waals surface area contributed by atoms with Crippen LogP contribution < -0.4 is 5.30 Å². The fraction of sp³-hybridized carbons (Fsp3) is 0.520. The molecule has 2 rings (SSSR count). The SMILES string of the molecule is Cc1cc(C(C)C)cc(C(C)C)c1-c1c(C)c(C)c(C)c(C)c1P(C)C. The number of hydrogen-bond acceptors (Lipinski definition) is 0. The monoisotopic (exact) mass is 368 g/mol. The van der Waals surface area contributed by atoms with Crippen molar-refractivity contribution in [2.75, 3.05) is 13.3 Å². The Labute approximate surface area is 163 Å². The lowest BCUT2D eigenvalue weighted by Gasteiger charge is -2.28. The molecule has 0 saturated carbocycles. The molecule has 2 aromatic carbocycles. The van der Waals surface area contributed by atoms with Crippen LogP contribution in [0.15, 0.2) is 12.1 Å². The van der Waals surface area contributed by atoms with Crippen molar-refractivity contribution in [1.82, 2.24) is 0 Å². The summed E-state index contributed by atoms with van der Waals surface area (Å²) in [5.41, 5.74) is 13.3. The summed E-state index contributed by atoms with van der Waals surface area (Å²) in [6.45, 7) is 25.7. The molecular weight excluding hydrogens is 331 g/mol. The van der Waals surface area contributed by atoms with E-state index >= 15 is 0 Å². The second-order valence-electron chi connectivity index (χ2n) is 8.73. The topological polar surface area (TPSA) is 0 Å². The summed E-state index contributed by atoms with van der Waals surface area (Å²) in [6, 6.07) is 4.90. The van der Waals surface area contributed by atoms with E-state index in [1.165, 1.54) is 50.1 Å².